The zero-order valence-electron chi connectivity index (χ0n) is 13.8. The maximum atomic E-state index is 12.2. The zero-order valence-corrected chi connectivity index (χ0v) is 13.8. The highest BCUT2D eigenvalue weighted by atomic mass is 16.5. The van der Waals surface area contributed by atoms with Crippen LogP contribution < -0.4 is 19.5 Å². The molecule has 1 amide bonds. The summed E-state index contributed by atoms with van der Waals surface area (Å²) in [5, 5.41) is 2.85. The summed E-state index contributed by atoms with van der Waals surface area (Å²) in [5.41, 5.74) is 2.59. The van der Waals surface area contributed by atoms with Crippen LogP contribution in [-0.2, 0) is 11.2 Å². The lowest BCUT2D eigenvalue weighted by molar-refractivity contribution is -0.115. The van der Waals surface area contributed by atoms with Gasteiger partial charge in [-0.25, -0.2) is 0 Å². The monoisotopic (exact) mass is 315 g/mol. The van der Waals surface area contributed by atoms with Crippen LogP contribution in [-0.4, -0.2) is 27.2 Å². The number of nitrogens with one attached hydrogen (secondary N) is 1. The van der Waals surface area contributed by atoms with Gasteiger partial charge in [0, 0.05) is 11.8 Å². The van der Waals surface area contributed by atoms with Gasteiger partial charge in [0.2, 0.25) is 5.91 Å². The summed E-state index contributed by atoms with van der Waals surface area (Å²) >= 11 is 0. The molecule has 0 spiro atoms. The smallest absolute Gasteiger partial charge is 0.228 e. The molecule has 5 heteroatoms. The van der Waals surface area contributed by atoms with Crippen LogP contribution in [0.1, 0.15) is 11.1 Å². The van der Waals surface area contributed by atoms with E-state index in [9.17, 15) is 4.79 Å². The summed E-state index contributed by atoms with van der Waals surface area (Å²) in [5.74, 6) is 1.86. The average Bonchev–Trinajstić information content (AvgIpc) is 2.56. The predicted octanol–water partition coefficient (Wildman–Crippen LogP) is 3.20. The van der Waals surface area contributed by atoms with Gasteiger partial charge in [-0.05, 0) is 36.2 Å². The van der Waals surface area contributed by atoms with Gasteiger partial charge in [0.1, 0.15) is 5.75 Å². The molecule has 0 unspecified atom stereocenters. The Hall–Kier alpha value is -2.69. The lowest BCUT2D eigenvalue weighted by Crippen LogP contribution is -2.14. The van der Waals surface area contributed by atoms with Crippen LogP contribution in [0.5, 0.6) is 17.2 Å². The maximum Gasteiger partial charge on any atom is 0.228 e. The van der Waals surface area contributed by atoms with E-state index >= 15 is 0 Å². The molecule has 0 atom stereocenters. The largest absolute Gasteiger partial charge is 0.496 e. The fraction of sp³-hybridized carbons (Fsp3) is 0.278. The number of amides is 1. The SMILES string of the molecule is COc1cc(CC(=O)Nc2ccc(OC)c(OC)c2)ccc1C. The molecule has 5 nitrogen and oxygen atoms in total. The van der Waals surface area contributed by atoms with Crippen LogP contribution in [0.2, 0.25) is 0 Å². The highest BCUT2D eigenvalue weighted by molar-refractivity contribution is 5.92. The third-order valence-corrected chi connectivity index (χ3v) is 3.50. The normalized spacial score (nSPS) is 10.1. The molecule has 0 fully saturated rings. The van der Waals surface area contributed by atoms with E-state index in [2.05, 4.69) is 5.32 Å². The van der Waals surface area contributed by atoms with Gasteiger partial charge in [0.25, 0.3) is 0 Å². The Kier molecular flexibility index (Phi) is 5.46. The van der Waals surface area contributed by atoms with E-state index in [-0.39, 0.29) is 12.3 Å². The van der Waals surface area contributed by atoms with Gasteiger partial charge in [0.05, 0.1) is 27.8 Å². The van der Waals surface area contributed by atoms with E-state index in [1.54, 1.807) is 39.5 Å². The van der Waals surface area contributed by atoms with Crippen molar-refractivity contribution in [3.05, 3.63) is 47.5 Å². The second kappa shape index (κ2) is 7.54. The number of hydrogen-bond donors (Lipinski definition) is 1. The molecule has 0 bridgehead atoms. The number of aryl methyl sites for hydroxylation is 1. The van der Waals surface area contributed by atoms with Crippen molar-refractivity contribution >= 4 is 11.6 Å². The number of ether oxygens (including phenoxy) is 3. The molecule has 0 aliphatic carbocycles. The van der Waals surface area contributed by atoms with Crippen LogP contribution >= 0.6 is 0 Å². The van der Waals surface area contributed by atoms with Gasteiger partial charge in [-0.1, -0.05) is 12.1 Å². The summed E-state index contributed by atoms with van der Waals surface area (Å²) in [6.45, 7) is 1.96. The first kappa shape index (κ1) is 16.7. The highest BCUT2D eigenvalue weighted by Gasteiger charge is 2.09. The topological polar surface area (TPSA) is 56.8 Å². The van der Waals surface area contributed by atoms with E-state index in [0.29, 0.717) is 17.2 Å². The minimum absolute atomic E-state index is 0.108. The van der Waals surface area contributed by atoms with Crippen LogP contribution in [0, 0.1) is 6.92 Å². The van der Waals surface area contributed by atoms with Gasteiger partial charge < -0.3 is 19.5 Å². The van der Waals surface area contributed by atoms with Crippen molar-refractivity contribution in [1.29, 1.82) is 0 Å². The van der Waals surface area contributed by atoms with Crippen molar-refractivity contribution in [2.45, 2.75) is 13.3 Å². The minimum atomic E-state index is -0.108. The van der Waals surface area contributed by atoms with Crippen molar-refractivity contribution in [3.8, 4) is 17.2 Å². The standard InChI is InChI=1S/C18H21NO4/c1-12-5-6-13(9-16(12)22-3)10-18(20)19-14-7-8-15(21-2)17(11-14)23-4/h5-9,11H,10H2,1-4H3,(H,19,20). The van der Waals surface area contributed by atoms with Gasteiger partial charge in [-0.2, -0.15) is 0 Å². The van der Waals surface area contributed by atoms with Crippen LogP contribution in [0.3, 0.4) is 0 Å². The van der Waals surface area contributed by atoms with Crippen LogP contribution in [0.4, 0.5) is 5.69 Å². The number of carbonyl (C=O) groups is 1. The predicted molar refractivity (Wildman–Crippen MR) is 89.6 cm³/mol. The number of anilines is 1. The molecule has 0 aliphatic heterocycles. The molecule has 2 aromatic rings. The van der Waals surface area contributed by atoms with Gasteiger partial charge in [0.15, 0.2) is 11.5 Å². The van der Waals surface area contributed by atoms with E-state index in [1.165, 1.54) is 0 Å². The van der Waals surface area contributed by atoms with Gasteiger partial charge in [-0.15, -0.1) is 0 Å². The summed E-state index contributed by atoms with van der Waals surface area (Å²) in [7, 11) is 4.75. The second-order valence-corrected chi connectivity index (χ2v) is 5.10. The molecular formula is C18H21NO4. The number of hydrogen-bond acceptors (Lipinski definition) is 4. The molecule has 0 radical (unpaired) electrons. The molecule has 0 aromatic heterocycles. The first-order chi connectivity index (χ1) is 11.1. The molecule has 122 valence electrons. The van der Waals surface area contributed by atoms with E-state index < -0.39 is 0 Å². The Morgan fingerprint density at radius 2 is 1.61 bits per heavy atom. The Morgan fingerprint density at radius 1 is 0.913 bits per heavy atom. The average molecular weight is 315 g/mol. The van der Waals surface area contributed by atoms with E-state index in [1.807, 2.05) is 25.1 Å². The third kappa shape index (κ3) is 4.16. The summed E-state index contributed by atoms with van der Waals surface area (Å²) in [6.07, 6.45) is 0.269. The number of methoxy groups -OCH3 is 3. The van der Waals surface area contributed by atoms with Crippen molar-refractivity contribution in [1.82, 2.24) is 0 Å². The van der Waals surface area contributed by atoms with Crippen LogP contribution in [0.25, 0.3) is 0 Å². The molecule has 0 heterocycles. The molecule has 23 heavy (non-hydrogen) atoms. The fourth-order valence-corrected chi connectivity index (χ4v) is 2.28. The van der Waals surface area contributed by atoms with Gasteiger partial charge in [-0.3, -0.25) is 4.79 Å². The summed E-state index contributed by atoms with van der Waals surface area (Å²) in [6, 6.07) is 11.0. The highest BCUT2D eigenvalue weighted by Crippen LogP contribution is 2.29. The molecule has 1 N–H and O–H groups in total. The Morgan fingerprint density at radius 3 is 2.26 bits per heavy atom. The van der Waals surface area contributed by atoms with Crippen LogP contribution in [0.15, 0.2) is 36.4 Å². The quantitative estimate of drug-likeness (QED) is 0.889. The second-order valence-electron chi connectivity index (χ2n) is 5.10. The molecule has 0 saturated carbocycles. The maximum absolute atomic E-state index is 12.2. The fourth-order valence-electron chi connectivity index (χ4n) is 2.28. The molecular weight excluding hydrogens is 294 g/mol. The molecule has 2 aromatic carbocycles. The number of carbonyl (C=O) groups excluding carboxylic acids is 1. The zero-order chi connectivity index (χ0) is 16.8. The lowest BCUT2D eigenvalue weighted by atomic mass is 10.1. The summed E-state index contributed by atoms with van der Waals surface area (Å²) in [4.78, 5) is 12.2. The summed E-state index contributed by atoms with van der Waals surface area (Å²) < 4.78 is 15.7. The lowest BCUT2D eigenvalue weighted by Gasteiger charge is -2.11. The number of benzene rings is 2. The molecule has 2 rings (SSSR count). The Labute approximate surface area is 136 Å². The number of rotatable bonds is 6. The van der Waals surface area contributed by atoms with E-state index in [4.69, 9.17) is 14.2 Å². The van der Waals surface area contributed by atoms with Crippen molar-refractivity contribution in [2.24, 2.45) is 0 Å². The minimum Gasteiger partial charge on any atom is -0.496 e. The Balaban J connectivity index is 2.07. The van der Waals surface area contributed by atoms with E-state index in [0.717, 1.165) is 16.9 Å². The van der Waals surface area contributed by atoms with Crippen molar-refractivity contribution in [3.63, 3.8) is 0 Å². The molecule has 0 saturated heterocycles. The Bertz CT molecular complexity index is 697. The van der Waals surface area contributed by atoms with Gasteiger partial charge >= 0.3 is 0 Å². The van der Waals surface area contributed by atoms with Crippen molar-refractivity contribution < 1.29 is 19.0 Å². The first-order valence-corrected chi connectivity index (χ1v) is 7.22. The third-order valence-electron chi connectivity index (χ3n) is 3.50. The van der Waals surface area contributed by atoms with Crippen molar-refractivity contribution in [2.75, 3.05) is 26.6 Å². The molecule has 0 aliphatic rings. The first-order valence-electron chi connectivity index (χ1n) is 7.22.